The lowest BCUT2D eigenvalue weighted by Crippen LogP contribution is -2.49. The maximum Gasteiger partial charge on any atom is 0.290 e. The lowest BCUT2D eigenvalue weighted by molar-refractivity contribution is -0.123. The summed E-state index contributed by atoms with van der Waals surface area (Å²) in [6.07, 6.45) is 0. The molecule has 1 aromatic heterocycles. The van der Waals surface area contributed by atoms with Crippen LogP contribution in [0.4, 0.5) is 0 Å². The van der Waals surface area contributed by atoms with Gasteiger partial charge in [0.25, 0.3) is 5.91 Å². The molecule has 0 unspecified atom stereocenters. The van der Waals surface area contributed by atoms with Crippen molar-refractivity contribution in [1.29, 1.82) is 0 Å². The van der Waals surface area contributed by atoms with Crippen LogP contribution in [0.3, 0.4) is 0 Å². The molecule has 7 heteroatoms. The average Bonchev–Trinajstić information content (AvgIpc) is 2.88. The van der Waals surface area contributed by atoms with Crippen molar-refractivity contribution in [1.82, 2.24) is 10.2 Å². The van der Waals surface area contributed by atoms with Gasteiger partial charge in [-0.25, -0.2) is 0 Å². The Morgan fingerprint density at radius 2 is 2.18 bits per heavy atom. The molecule has 1 saturated heterocycles. The molecule has 0 atom stereocenters. The minimum absolute atomic E-state index is 0.0453. The van der Waals surface area contributed by atoms with E-state index in [2.05, 4.69) is 21.2 Å². The van der Waals surface area contributed by atoms with Gasteiger partial charge in [-0.3, -0.25) is 9.59 Å². The van der Waals surface area contributed by atoms with Crippen LogP contribution in [-0.4, -0.2) is 36.3 Å². The number of rotatable bonds is 2. The van der Waals surface area contributed by atoms with Gasteiger partial charge in [0.05, 0.1) is 0 Å². The Bertz CT molecular complexity index is 744. The number of hydrogen-bond donors (Lipinski definition) is 1. The fraction of sp³-hybridized carbons (Fsp3) is 0.200. The van der Waals surface area contributed by atoms with Crippen molar-refractivity contribution in [3.8, 4) is 11.1 Å². The molecule has 1 aromatic carbocycles. The molecule has 1 fully saturated rings. The van der Waals surface area contributed by atoms with Crippen molar-refractivity contribution >= 4 is 39.3 Å². The van der Waals surface area contributed by atoms with Gasteiger partial charge in [-0.15, -0.1) is 0 Å². The summed E-state index contributed by atoms with van der Waals surface area (Å²) in [5.41, 5.74) is 1.59. The highest BCUT2D eigenvalue weighted by atomic mass is 79.9. The van der Waals surface area contributed by atoms with Gasteiger partial charge < -0.3 is 14.6 Å². The summed E-state index contributed by atoms with van der Waals surface area (Å²) in [6, 6.07) is 8.93. The number of halogens is 2. The van der Waals surface area contributed by atoms with Gasteiger partial charge in [0.1, 0.15) is 6.54 Å². The molecule has 2 amide bonds. The Morgan fingerprint density at radius 3 is 2.91 bits per heavy atom. The summed E-state index contributed by atoms with van der Waals surface area (Å²) in [5, 5.41) is 3.28. The molecule has 5 nitrogen and oxygen atoms in total. The van der Waals surface area contributed by atoms with Crippen LogP contribution in [0.25, 0.3) is 11.1 Å². The standard InChI is InChI=1S/C15H12BrClN2O3/c16-14-11(9-2-1-3-10(17)6-9)7-12(22-14)15(21)19-5-4-18-13(20)8-19/h1-3,6-7H,4-5,8H2,(H,18,20). The number of amides is 2. The SMILES string of the molecule is O=C1CN(C(=O)c2cc(-c3cccc(Cl)c3)c(Br)o2)CCN1. The summed E-state index contributed by atoms with van der Waals surface area (Å²) < 4.78 is 5.97. The average molecular weight is 384 g/mol. The van der Waals surface area contributed by atoms with Gasteiger partial charge in [-0.2, -0.15) is 0 Å². The lowest BCUT2D eigenvalue weighted by Gasteiger charge is -2.25. The molecule has 1 aliphatic heterocycles. The number of piperazine rings is 1. The van der Waals surface area contributed by atoms with E-state index in [4.69, 9.17) is 16.0 Å². The molecule has 0 aliphatic carbocycles. The molecule has 0 saturated carbocycles. The molecule has 0 radical (unpaired) electrons. The summed E-state index contributed by atoms with van der Waals surface area (Å²) in [5.74, 6) is -0.277. The molecule has 114 valence electrons. The van der Waals surface area contributed by atoms with E-state index in [-0.39, 0.29) is 24.1 Å². The summed E-state index contributed by atoms with van der Waals surface area (Å²) in [6.45, 7) is 0.965. The molecule has 2 aromatic rings. The Morgan fingerprint density at radius 1 is 1.36 bits per heavy atom. The Hall–Kier alpha value is -1.79. The van der Waals surface area contributed by atoms with Crippen molar-refractivity contribution in [3.05, 3.63) is 45.8 Å². The maximum atomic E-state index is 12.4. The van der Waals surface area contributed by atoms with E-state index in [1.165, 1.54) is 4.90 Å². The first-order valence-corrected chi connectivity index (χ1v) is 7.83. The first kappa shape index (κ1) is 15.1. The van der Waals surface area contributed by atoms with Crippen LogP contribution in [-0.2, 0) is 4.79 Å². The maximum absolute atomic E-state index is 12.4. The summed E-state index contributed by atoms with van der Waals surface area (Å²) in [7, 11) is 0. The number of nitrogens with zero attached hydrogens (tertiary/aromatic N) is 1. The second-order valence-corrected chi connectivity index (χ2v) is 6.04. The zero-order valence-corrected chi connectivity index (χ0v) is 13.8. The summed E-state index contributed by atoms with van der Waals surface area (Å²) in [4.78, 5) is 25.3. The van der Waals surface area contributed by atoms with Crippen LogP contribution < -0.4 is 5.32 Å². The second kappa shape index (κ2) is 6.14. The predicted octanol–water partition coefficient (Wildman–Crippen LogP) is 2.93. The topological polar surface area (TPSA) is 62.6 Å². The quantitative estimate of drug-likeness (QED) is 0.867. The zero-order valence-electron chi connectivity index (χ0n) is 11.4. The molecule has 3 rings (SSSR count). The molecule has 0 bridgehead atoms. The van der Waals surface area contributed by atoms with Crippen molar-refractivity contribution < 1.29 is 14.0 Å². The van der Waals surface area contributed by atoms with Crippen LogP contribution in [0.5, 0.6) is 0 Å². The van der Waals surface area contributed by atoms with E-state index in [9.17, 15) is 9.59 Å². The molecular formula is C15H12BrClN2O3. The Balaban J connectivity index is 1.88. The van der Waals surface area contributed by atoms with Crippen molar-refractivity contribution in [3.63, 3.8) is 0 Å². The minimum Gasteiger partial charge on any atom is -0.444 e. The van der Waals surface area contributed by atoms with Crippen LogP contribution >= 0.6 is 27.5 Å². The Labute approximate surface area is 140 Å². The smallest absolute Gasteiger partial charge is 0.290 e. The van der Waals surface area contributed by atoms with E-state index < -0.39 is 0 Å². The van der Waals surface area contributed by atoms with Gasteiger partial charge in [-0.1, -0.05) is 23.7 Å². The number of benzene rings is 1. The first-order chi connectivity index (χ1) is 10.5. The normalized spacial score (nSPS) is 14.8. The second-order valence-electron chi connectivity index (χ2n) is 4.89. The highest BCUT2D eigenvalue weighted by molar-refractivity contribution is 9.10. The first-order valence-electron chi connectivity index (χ1n) is 6.66. The molecule has 0 spiro atoms. The van der Waals surface area contributed by atoms with Gasteiger partial charge >= 0.3 is 0 Å². The number of carbonyl (C=O) groups excluding carboxylic acids is 2. The fourth-order valence-corrected chi connectivity index (χ4v) is 3.00. The number of hydrogen-bond acceptors (Lipinski definition) is 3. The van der Waals surface area contributed by atoms with E-state index in [0.29, 0.717) is 22.8 Å². The monoisotopic (exact) mass is 382 g/mol. The van der Waals surface area contributed by atoms with Crippen LogP contribution in [0.1, 0.15) is 10.6 Å². The zero-order chi connectivity index (χ0) is 15.7. The van der Waals surface area contributed by atoms with E-state index in [1.54, 1.807) is 18.2 Å². The number of furan rings is 1. The minimum atomic E-state index is -0.302. The Kier molecular flexibility index (Phi) is 4.22. The van der Waals surface area contributed by atoms with Gasteiger partial charge in [0.2, 0.25) is 5.91 Å². The lowest BCUT2D eigenvalue weighted by atomic mass is 10.1. The van der Waals surface area contributed by atoms with E-state index in [0.717, 1.165) is 11.1 Å². The van der Waals surface area contributed by atoms with Gasteiger partial charge in [-0.05, 0) is 39.7 Å². The van der Waals surface area contributed by atoms with Crippen molar-refractivity contribution in [2.45, 2.75) is 0 Å². The molecule has 22 heavy (non-hydrogen) atoms. The molecule has 1 aliphatic rings. The van der Waals surface area contributed by atoms with Crippen LogP contribution in [0, 0.1) is 0 Å². The van der Waals surface area contributed by atoms with Gasteiger partial charge in [0, 0.05) is 23.7 Å². The van der Waals surface area contributed by atoms with Crippen LogP contribution in [0.15, 0.2) is 39.4 Å². The van der Waals surface area contributed by atoms with Gasteiger partial charge in [0.15, 0.2) is 10.4 Å². The van der Waals surface area contributed by atoms with Crippen LogP contribution in [0.2, 0.25) is 5.02 Å². The highest BCUT2D eigenvalue weighted by Gasteiger charge is 2.26. The van der Waals surface area contributed by atoms with E-state index >= 15 is 0 Å². The third-order valence-electron chi connectivity index (χ3n) is 3.36. The van der Waals surface area contributed by atoms with Crippen molar-refractivity contribution in [2.75, 3.05) is 19.6 Å². The predicted molar refractivity (Wildman–Crippen MR) is 85.8 cm³/mol. The largest absolute Gasteiger partial charge is 0.444 e. The van der Waals surface area contributed by atoms with Crippen molar-refractivity contribution in [2.24, 2.45) is 0 Å². The van der Waals surface area contributed by atoms with E-state index in [1.807, 2.05) is 12.1 Å². The number of carbonyl (C=O) groups is 2. The molecular weight excluding hydrogens is 372 g/mol. The number of nitrogens with one attached hydrogen (secondary N) is 1. The summed E-state index contributed by atoms with van der Waals surface area (Å²) >= 11 is 9.31. The fourth-order valence-electron chi connectivity index (χ4n) is 2.29. The highest BCUT2D eigenvalue weighted by Crippen LogP contribution is 2.33. The third kappa shape index (κ3) is 3.03. The molecule has 1 N–H and O–H groups in total. The molecule has 2 heterocycles. The third-order valence-corrected chi connectivity index (χ3v) is 4.18.